The lowest BCUT2D eigenvalue weighted by atomic mass is 9.82. The quantitative estimate of drug-likeness (QED) is 0.350. The normalized spacial score (nSPS) is 23.5. The van der Waals surface area contributed by atoms with Crippen molar-refractivity contribution in [2.45, 2.75) is 20.3 Å². The summed E-state index contributed by atoms with van der Waals surface area (Å²) in [7, 11) is 0. The maximum atomic E-state index is 13.2. The van der Waals surface area contributed by atoms with Crippen molar-refractivity contribution >= 4 is 41.0 Å². The second-order valence-electron chi connectivity index (χ2n) is 9.45. The average molecular weight is 503 g/mol. The van der Waals surface area contributed by atoms with Gasteiger partial charge in [-0.05, 0) is 74.6 Å². The Morgan fingerprint density at radius 3 is 2.38 bits per heavy atom. The summed E-state index contributed by atoms with van der Waals surface area (Å²) in [5.74, 6) is -2.74. The van der Waals surface area contributed by atoms with Crippen LogP contribution < -0.4 is 10.2 Å². The summed E-state index contributed by atoms with van der Waals surface area (Å²) in [4.78, 5) is 64.1. The van der Waals surface area contributed by atoms with E-state index in [4.69, 9.17) is 9.47 Å². The molecule has 0 aromatic heterocycles. The molecule has 5 rings (SSSR count). The molecule has 0 spiro atoms. The Labute approximate surface area is 213 Å². The molecule has 3 aliphatic rings. The van der Waals surface area contributed by atoms with Crippen LogP contribution in [0, 0.1) is 23.7 Å². The molecule has 2 aliphatic carbocycles. The number of carbonyl (C=O) groups excluding carboxylic acids is 5. The molecule has 0 unspecified atom stereocenters. The number of rotatable bonds is 7. The van der Waals surface area contributed by atoms with Crippen molar-refractivity contribution in [3.63, 3.8) is 0 Å². The molecule has 1 heterocycles. The molecule has 1 N–H and O–H groups in total. The van der Waals surface area contributed by atoms with Crippen LogP contribution in [-0.2, 0) is 23.9 Å². The Balaban J connectivity index is 1.20. The van der Waals surface area contributed by atoms with Gasteiger partial charge in [-0.1, -0.05) is 17.7 Å². The van der Waals surface area contributed by atoms with Gasteiger partial charge in [0.2, 0.25) is 11.8 Å². The summed E-state index contributed by atoms with van der Waals surface area (Å²) in [6, 6.07) is 12.2. The summed E-state index contributed by atoms with van der Waals surface area (Å²) >= 11 is 0. The minimum absolute atomic E-state index is 0.0875. The van der Waals surface area contributed by atoms with Crippen molar-refractivity contribution in [2.24, 2.45) is 23.7 Å². The van der Waals surface area contributed by atoms with Crippen molar-refractivity contribution in [3.8, 4) is 0 Å². The van der Waals surface area contributed by atoms with Gasteiger partial charge in [-0.15, -0.1) is 0 Å². The summed E-state index contributed by atoms with van der Waals surface area (Å²) in [6.45, 7) is 3.44. The fraction of sp³-hybridized carbons (Fsp3) is 0.321. The molecule has 190 valence electrons. The van der Waals surface area contributed by atoms with E-state index in [1.54, 1.807) is 19.1 Å². The molecule has 1 aliphatic heterocycles. The Morgan fingerprint density at radius 2 is 1.65 bits per heavy atom. The smallest absolute Gasteiger partial charge is 0.338 e. The summed E-state index contributed by atoms with van der Waals surface area (Å²) in [5.41, 5.74) is 2.39. The molecular formula is C28H26N2O7. The second-order valence-corrected chi connectivity index (χ2v) is 9.45. The van der Waals surface area contributed by atoms with Gasteiger partial charge in [0.15, 0.2) is 6.61 Å². The molecule has 1 saturated carbocycles. The fourth-order valence-corrected chi connectivity index (χ4v) is 5.62. The lowest BCUT2D eigenvalue weighted by molar-refractivity contribution is -0.123. The zero-order chi connectivity index (χ0) is 26.3. The summed E-state index contributed by atoms with van der Waals surface area (Å²) in [5, 5.41) is 2.58. The third-order valence-electron chi connectivity index (χ3n) is 7.23. The molecule has 3 amide bonds. The van der Waals surface area contributed by atoms with E-state index in [2.05, 4.69) is 11.4 Å². The molecule has 2 bridgehead atoms. The van der Waals surface area contributed by atoms with Gasteiger partial charge in [-0.3, -0.25) is 14.4 Å². The highest BCUT2D eigenvalue weighted by molar-refractivity contribution is 6.23. The summed E-state index contributed by atoms with van der Waals surface area (Å²) < 4.78 is 10.1. The monoisotopic (exact) mass is 502 g/mol. The number of fused-ring (bicyclic) bond motifs is 5. The number of hydrogen-bond acceptors (Lipinski definition) is 7. The highest BCUT2D eigenvalue weighted by atomic mass is 16.5. The lowest BCUT2D eigenvalue weighted by Crippen LogP contribution is -2.33. The number of esters is 2. The van der Waals surface area contributed by atoms with Crippen molar-refractivity contribution in [1.82, 2.24) is 0 Å². The van der Waals surface area contributed by atoms with Gasteiger partial charge in [-0.25, -0.2) is 14.5 Å². The number of hydrogen-bond donors (Lipinski definition) is 1. The van der Waals surface area contributed by atoms with Crippen LogP contribution in [0.4, 0.5) is 11.4 Å². The molecule has 2 aromatic rings. The van der Waals surface area contributed by atoms with Crippen LogP contribution in [0.3, 0.4) is 0 Å². The highest BCUT2D eigenvalue weighted by Crippen LogP contribution is 2.55. The minimum Gasteiger partial charge on any atom is -0.462 e. The second kappa shape index (κ2) is 9.65. The van der Waals surface area contributed by atoms with Crippen molar-refractivity contribution in [1.29, 1.82) is 0 Å². The third-order valence-corrected chi connectivity index (χ3v) is 7.23. The van der Waals surface area contributed by atoms with Gasteiger partial charge in [0.05, 0.1) is 35.3 Å². The number of amides is 3. The van der Waals surface area contributed by atoms with Gasteiger partial charge in [0.1, 0.15) is 0 Å². The van der Waals surface area contributed by atoms with Crippen LogP contribution in [0.1, 0.15) is 41.0 Å². The van der Waals surface area contributed by atoms with Crippen molar-refractivity contribution < 1.29 is 33.4 Å². The number of allylic oxidation sites excluding steroid dienone is 2. The number of nitrogens with zero attached hydrogens (tertiary/aromatic N) is 1. The standard InChI is InChI=1S/C28H26N2O7/c1-3-36-27(34)16-7-9-19(10-8-16)29-22(31)14-37-28(35)17-5-4-6-20(12-17)30-25(32)23-18-11-15(2)21(13-18)24(23)26(30)33/h4-12,18,21,23-24H,3,13-14H2,1-2H3,(H,29,31)/t18-,21+,23+,24+/m0/s1. The van der Waals surface area contributed by atoms with Gasteiger partial charge >= 0.3 is 11.9 Å². The first kappa shape index (κ1) is 24.4. The number of ether oxygens (including phenoxy) is 2. The maximum Gasteiger partial charge on any atom is 0.338 e. The van der Waals surface area contributed by atoms with Gasteiger partial charge in [-0.2, -0.15) is 0 Å². The largest absolute Gasteiger partial charge is 0.462 e. The SMILES string of the molecule is CCOC(=O)c1ccc(NC(=O)COC(=O)c2cccc(N3C(=O)[C@H]4[C@H](C3=O)[C@H]3C=C(C)[C@H]4C3)c2)cc1. The molecule has 9 nitrogen and oxygen atoms in total. The molecule has 2 fully saturated rings. The Kier molecular flexibility index (Phi) is 6.37. The van der Waals surface area contributed by atoms with Crippen LogP contribution in [0.25, 0.3) is 0 Å². The third kappa shape index (κ3) is 4.41. The zero-order valence-electron chi connectivity index (χ0n) is 20.4. The predicted molar refractivity (Wildman–Crippen MR) is 133 cm³/mol. The first-order valence-corrected chi connectivity index (χ1v) is 12.2. The highest BCUT2D eigenvalue weighted by Gasteiger charge is 2.60. The van der Waals surface area contributed by atoms with Crippen LogP contribution in [0.5, 0.6) is 0 Å². The Hall–Kier alpha value is -4.27. The first-order valence-electron chi connectivity index (χ1n) is 12.2. The molecule has 2 aromatic carbocycles. The van der Waals surface area contributed by atoms with Gasteiger partial charge < -0.3 is 14.8 Å². The van der Waals surface area contributed by atoms with E-state index in [9.17, 15) is 24.0 Å². The molecule has 37 heavy (non-hydrogen) atoms. The van der Waals surface area contributed by atoms with Crippen molar-refractivity contribution in [3.05, 3.63) is 71.3 Å². The number of nitrogens with one attached hydrogen (secondary N) is 1. The van der Waals surface area contributed by atoms with E-state index in [-0.39, 0.29) is 47.7 Å². The van der Waals surface area contributed by atoms with Crippen LogP contribution in [0.15, 0.2) is 60.2 Å². The minimum atomic E-state index is -0.758. The van der Waals surface area contributed by atoms with Crippen LogP contribution >= 0.6 is 0 Å². The Morgan fingerprint density at radius 1 is 0.946 bits per heavy atom. The van der Waals surface area contributed by atoms with E-state index >= 15 is 0 Å². The summed E-state index contributed by atoms with van der Waals surface area (Å²) in [6.07, 6.45) is 2.95. The van der Waals surface area contributed by atoms with E-state index in [0.29, 0.717) is 16.9 Å². The topological polar surface area (TPSA) is 119 Å². The number of benzene rings is 2. The van der Waals surface area contributed by atoms with E-state index in [1.807, 2.05) is 6.92 Å². The average Bonchev–Trinajstić information content (AvgIpc) is 3.53. The van der Waals surface area contributed by atoms with Gasteiger partial charge in [0, 0.05) is 5.69 Å². The molecule has 4 atom stereocenters. The van der Waals surface area contributed by atoms with Gasteiger partial charge in [0.25, 0.3) is 5.91 Å². The van der Waals surface area contributed by atoms with E-state index in [1.165, 1.54) is 46.9 Å². The predicted octanol–water partition coefficient (Wildman–Crippen LogP) is 3.36. The van der Waals surface area contributed by atoms with Crippen molar-refractivity contribution in [2.75, 3.05) is 23.4 Å². The van der Waals surface area contributed by atoms with E-state index in [0.717, 1.165) is 6.42 Å². The molecular weight excluding hydrogens is 476 g/mol. The zero-order valence-corrected chi connectivity index (χ0v) is 20.4. The number of carbonyl (C=O) groups is 5. The van der Waals surface area contributed by atoms with Crippen LogP contribution in [-0.4, -0.2) is 42.9 Å². The first-order chi connectivity index (χ1) is 17.8. The Bertz CT molecular complexity index is 1330. The number of imide groups is 1. The lowest BCUT2D eigenvalue weighted by Gasteiger charge is -2.19. The molecule has 9 heteroatoms. The fourth-order valence-electron chi connectivity index (χ4n) is 5.62. The van der Waals surface area contributed by atoms with E-state index < -0.39 is 24.5 Å². The maximum absolute atomic E-state index is 13.2. The van der Waals surface area contributed by atoms with Crippen LogP contribution in [0.2, 0.25) is 0 Å². The molecule has 0 radical (unpaired) electrons. The number of anilines is 2. The molecule has 1 saturated heterocycles.